The summed E-state index contributed by atoms with van der Waals surface area (Å²) < 4.78 is 0. The van der Waals surface area contributed by atoms with Crippen molar-refractivity contribution >= 4 is 46.6 Å². The largest absolute Gasteiger partial charge is 0.365 e. The van der Waals surface area contributed by atoms with Gasteiger partial charge < -0.3 is 4.84 Å². The molecule has 0 atom stereocenters. The molecule has 23 heavy (non-hydrogen) atoms. The van der Waals surface area contributed by atoms with Crippen LogP contribution in [0.15, 0.2) is 52.5 Å². The lowest BCUT2D eigenvalue weighted by Gasteiger charge is -2.06. The van der Waals surface area contributed by atoms with Gasteiger partial charge in [0.2, 0.25) is 0 Å². The molecule has 1 aliphatic heterocycles. The number of thioether (sulfide) groups is 1. The lowest BCUT2D eigenvalue weighted by atomic mass is 10.1. The normalized spacial score (nSPS) is 15.8. The van der Waals surface area contributed by atoms with Crippen LogP contribution in [0.5, 0.6) is 0 Å². The topological polar surface area (TPSA) is 38.7 Å². The molecule has 0 fully saturated rings. The van der Waals surface area contributed by atoms with Crippen LogP contribution in [0.4, 0.5) is 0 Å². The fourth-order valence-corrected chi connectivity index (χ4v) is 3.58. The molecule has 0 N–H and O–H groups in total. The molecule has 0 unspecified atom stereocenters. The van der Waals surface area contributed by atoms with E-state index >= 15 is 0 Å². The van der Waals surface area contributed by atoms with E-state index in [1.165, 1.54) is 6.07 Å². The second kappa shape index (κ2) is 7.39. The Bertz CT molecular complexity index is 777. The average molecular weight is 366 g/mol. The van der Waals surface area contributed by atoms with E-state index in [1.807, 2.05) is 18.2 Å². The van der Waals surface area contributed by atoms with Crippen LogP contribution >= 0.6 is 35.0 Å². The maximum atomic E-state index is 12.1. The molecule has 0 radical (unpaired) electrons. The highest BCUT2D eigenvalue weighted by atomic mass is 35.5. The van der Waals surface area contributed by atoms with Crippen molar-refractivity contribution in [3.05, 3.63) is 63.6 Å². The number of benzene rings is 2. The van der Waals surface area contributed by atoms with Gasteiger partial charge in [0.1, 0.15) is 0 Å². The van der Waals surface area contributed by atoms with Gasteiger partial charge in [-0.15, -0.1) is 11.8 Å². The molecule has 0 bridgehead atoms. The van der Waals surface area contributed by atoms with E-state index in [-0.39, 0.29) is 0 Å². The summed E-state index contributed by atoms with van der Waals surface area (Å²) >= 11 is 13.6. The number of halogens is 2. The van der Waals surface area contributed by atoms with Crippen molar-refractivity contribution in [2.45, 2.75) is 17.7 Å². The molecule has 0 saturated carbocycles. The van der Waals surface area contributed by atoms with Crippen molar-refractivity contribution in [3.8, 4) is 0 Å². The van der Waals surface area contributed by atoms with E-state index in [9.17, 15) is 4.79 Å². The zero-order valence-electron chi connectivity index (χ0n) is 12.1. The van der Waals surface area contributed by atoms with Crippen LogP contribution in [0.25, 0.3) is 0 Å². The third-order valence-corrected chi connectivity index (χ3v) is 5.31. The van der Waals surface area contributed by atoms with Crippen molar-refractivity contribution in [2.75, 3.05) is 5.75 Å². The summed E-state index contributed by atoms with van der Waals surface area (Å²) in [6, 6.07) is 12.6. The summed E-state index contributed by atoms with van der Waals surface area (Å²) in [6.45, 7) is 0. The zero-order chi connectivity index (χ0) is 16.2. The van der Waals surface area contributed by atoms with Gasteiger partial charge in [-0.3, -0.25) is 0 Å². The number of rotatable bonds is 2. The smallest absolute Gasteiger partial charge is 0.313 e. The summed E-state index contributed by atoms with van der Waals surface area (Å²) in [5.74, 6) is 0.474. The van der Waals surface area contributed by atoms with Crippen LogP contribution in [0.1, 0.15) is 28.8 Å². The Morgan fingerprint density at radius 2 is 1.96 bits per heavy atom. The van der Waals surface area contributed by atoms with Gasteiger partial charge in [-0.25, -0.2) is 4.79 Å². The second-order valence-electron chi connectivity index (χ2n) is 4.99. The third-order valence-electron chi connectivity index (χ3n) is 3.41. The monoisotopic (exact) mass is 365 g/mol. The van der Waals surface area contributed by atoms with Crippen LogP contribution in [0, 0.1) is 0 Å². The maximum Gasteiger partial charge on any atom is 0.365 e. The molecular weight excluding hydrogens is 353 g/mol. The van der Waals surface area contributed by atoms with Crippen molar-refractivity contribution in [1.82, 2.24) is 0 Å². The fraction of sp³-hybridized carbons (Fsp3) is 0.176. The van der Waals surface area contributed by atoms with Crippen molar-refractivity contribution in [3.63, 3.8) is 0 Å². The van der Waals surface area contributed by atoms with Crippen molar-refractivity contribution in [2.24, 2.45) is 5.16 Å². The SMILES string of the molecule is O=C(O/N=C1/CCCSc2ccccc21)c1ccc(Cl)c(Cl)c1. The van der Waals surface area contributed by atoms with E-state index in [4.69, 9.17) is 28.0 Å². The highest BCUT2D eigenvalue weighted by Crippen LogP contribution is 2.29. The Hall–Kier alpha value is -1.49. The van der Waals surface area contributed by atoms with Gasteiger partial charge in [0.15, 0.2) is 0 Å². The number of carbonyl (C=O) groups excluding carboxylic acids is 1. The minimum Gasteiger partial charge on any atom is -0.313 e. The van der Waals surface area contributed by atoms with Gasteiger partial charge in [-0.05, 0) is 42.9 Å². The number of hydrogen-bond acceptors (Lipinski definition) is 4. The number of hydrogen-bond donors (Lipinski definition) is 0. The van der Waals surface area contributed by atoms with E-state index in [1.54, 1.807) is 23.9 Å². The molecular formula is C17H13Cl2NO2S. The van der Waals surface area contributed by atoms with Crippen LogP contribution in [-0.4, -0.2) is 17.4 Å². The molecule has 1 heterocycles. The Labute approximate surface area is 148 Å². The molecule has 0 aliphatic carbocycles. The summed E-state index contributed by atoms with van der Waals surface area (Å²) in [6.07, 6.45) is 1.77. The molecule has 2 aromatic rings. The molecule has 0 amide bonds. The standard InChI is InChI=1S/C17H13Cl2NO2S/c18-13-8-7-11(10-14(13)19)17(21)22-20-15-5-3-9-23-16-6-2-1-4-12(15)16/h1-2,4,6-8,10H,3,5,9H2/b20-15-. The molecule has 3 rings (SSSR count). The quantitative estimate of drug-likeness (QED) is 0.525. The first kappa shape index (κ1) is 16.4. The molecule has 0 saturated heterocycles. The van der Waals surface area contributed by atoms with Gasteiger partial charge in [0.25, 0.3) is 0 Å². The Morgan fingerprint density at radius 1 is 1.13 bits per heavy atom. The van der Waals surface area contributed by atoms with Gasteiger partial charge in [-0.2, -0.15) is 0 Å². The first-order chi connectivity index (χ1) is 11.1. The number of fused-ring (bicyclic) bond motifs is 1. The Kier molecular flexibility index (Phi) is 5.26. The van der Waals surface area contributed by atoms with E-state index in [2.05, 4.69) is 11.2 Å². The van der Waals surface area contributed by atoms with Gasteiger partial charge >= 0.3 is 5.97 Å². The van der Waals surface area contributed by atoms with Crippen LogP contribution in [0.2, 0.25) is 10.0 Å². The van der Waals surface area contributed by atoms with Crippen LogP contribution in [-0.2, 0) is 4.84 Å². The van der Waals surface area contributed by atoms with Crippen LogP contribution in [0.3, 0.4) is 0 Å². The average Bonchev–Trinajstić information content (AvgIpc) is 2.77. The molecule has 2 aromatic carbocycles. The lowest BCUT2D eigenvalue weighted by molar-refractivity contribution is 0.0515. The van der Waals surface area contributed by atoms with E-state index in [0.29, 0.717) is 15.6 Å². The van der Waals surface area contributed by atoms with E-state index in [0.717, 1.165) is 34.8 Å². The maximum absolute atomic E-state index is 12.1. The van der Waals surface area contributed by atoms with Crippen LogP contribution < -0.4 is 0 Å². The number of carbonyl (C=O) groups is 1. The predicted octanol–water partition coefficient (Wildman–Crippen LogP) is 5.44. The zero-order valence-corrected chi connectivity index (χ0v) is 14.4. The molecule has 0 spiro atoms. The summed E-state index contributed by atoms with van der Waals surface area (Å²) in [7, 11) is 0. The summed E-state index contributed by atoms with van der Waals surface area (Å²) in [5, 5.41) is 4.79. The fourth-order valence-electron chi connectivity index (χ4n) is 2.25. The summed E-state index contributed by atoms with van der Waals surface area (Å²) in [4.78, 5) is 18.4. The van der Waals surface area contributed by atoms with Gasteiger partial charge in [0, 0.05) is 10.5 Å². The third kappa shape index (κ3) is 3.89. The molecule has 0 aromatic heterocycles. The Morgan fingerprint density at radius 3 is 2.78 bits per heavy atom. The number of oxime groups is 1. The molecule has 3 nitrogen and oxygen atoms in total. The lowest BCUT2D eigenvalue weighted by Crippen LogP contribution is -2.06. The predicted molar refractivity (Wildman–Crippen MR) is 94.8 cm³/mol. The van der Waals surface area contributed by atoms with Crippen molar-refractivity contribution in [1.29, 1.82) is 0 Å². The van der Waals surface area contributed by atoms with Gasteiger partial charge in [-0.1, -0.05) is 46.6 Å². The minimum atomic E-state index is -0.551. The first-order valence-electron chi connectivity index (χ1n) is 7.10. The number of nitrogens with zero attached hydrogens (tertiary/aromatic N) is 1. The summed E-state index contributed by atoms with van der Waals surface area (Å²) in [5.41, 5.74) is 2.14. The van der Waals surface area contributed by atoms with Gasteiger partial charge in [0.05, 0.1) is 21.3 Å². The first-order valence-corrected chi connectivity index (χ1v) is 8.85. The van der Waals surface area contributed by atoms with Crippen molar-refractivity contribution < 1.29 is 9.63 Å². The molecule has 1 aliphatic rings. The minimum absolute atomic E-state index is 0.310. The van der Waals surface area contributed by atoms with E-state index < -0.39 is 5.97 Å². The molecule has 6 heteroatoms. The Balaban J connectivity index is 1.82. The second-order valence-corrected chi connectivity index (χ2v) is 6.94. The highest BCUT2D eigenvalue weighted by Gasteiger charge is 2.16. The highest BCUT2D eigenvalue weighted by molar-refractivity contribution is 7.99. The molecule has 118 valence electrons.